The van der Waals surface area contributed by atoms with E-state index in [-0.39, 0.29) is 11.9 Å². The van der Waals surface area contributed by atoms with Gasteiger partial charge in [0.25, 0.3) is 0 Å². The van der Waals surface area contributed by atoms with E-state index in [0.717, 1.165) is 6.07 Å². The van der Waals surface area contributed by atoms with Crippen molar-refractivity contribution in [2.45, 2.75) is 25.9 Å². The molecule has 1 aromatic rings. The van der Waals surface area contributed by atoms with E-state index in [9.17, 15) is 8.78 Å². The normalized spacial score (nSPS) is 13.9. The van der Waals surface area contributed by atoms with Gasteiger partial charge in [-0.3, -0.25) is 4.90 Å². The Balaban J connectivity index is 2.63. The smallest absolute Gasteiger partial charge is 0.159 e. The Hall–Kier alpha value is -1.69. The van der Waals surface area contributed by atoms with Crippen LogP contribution in [-0.4, -0.2) is 29.0 Å². The lowest BCUT2D eigenvalue weighted by Gasteiger charge is -2.24. The van der Waals surface area contributed by atoms with E-state index < -0.39 is 11.6 Å². The highest BCUT2D eigenvalue weighted by Gasteiger charge is 2.12. The molecule has 0 radical (unpaired) electrons. The van der Waals surface area contributed by atoms with Gasteiger partial charge in [-0.25, -0.2) is 8.78 Å². The van der Waals surface area contributed by atoms with Crippen LogP contribution in [0.4, 0.5) is 8.78 Å². The Morgan fingerprint density at radius 1 is 1.44 bits per heavy atom. The minimum absolute atomic E-state index is 0.0222. The molecule has 0 fully saturated rings. The molecule has 100 valence electrons. The number of halogens is 2. The molecule has 1 aromatic carbocycles. The average Bonchev–Trinajstić information content (AvgIpc) is 2.33. The minimum atomic E-state index is -0.856. The zero-order valence-electron chi connectivity index (χ0n) is 10.4. The summed E-state index contributed by atoms with van der Waals surface area (Å²) in [5.74, 6) is -1.57. The molecule has 1 rings (SSSR count). The van der Waals surface area contributed by atoms with Crippen molar-refractivity contribution < 1.29 is 14.0 Å². The highest BCUT2D eigenvalue weighted by molar-refractivity contribution is 5.80. The molecule has 0 aliphatic heterocycles. The lowest BCUT2D eigenvalue weighted by Crippen LogP contribution is -2.32. The SMILES string of the molecule is CC(C/C(N)=N/O)N(C)Cc1ccc(F)c(F)c1. The van der Waals surface area contributed by atoms with Gasteiger partial charge in [0, 0.05) is 19.0 Å². The molecule has 0 aliphatic rings. The van der Waals surface area contributed by atoms with E-state index in [0.29, 0.717) is 18.5 Å². The zero-order chi connectivity index (χ0) is 13.7. The van der Waals surface area contributed by atoms with Crippen LogP contribution < -0.4 is 5.73 Å². The summed E-state index contributed by atoms with van der Waals surface area (Å²) in [4.78, 5) is 1.91. The molecule has 0 bridgehead atoms. The van der Waals surface area contributed by atoms with E-state index in [4.69, 9.17) is 10.9 Å². The van der Waals surface area contributed by atoms with Crippen LogP contribution in [0.5, 0.6) is 0 Å². The first-order valence-electron chi connectivity index (χ1n) is 5.54. The van der Waals surface area contributed by atoms with Crippen LogP contribution in [0.2, 0.25) is 0 Å². The molecule has 6 heteroatoms. The third-order valence-corrected chi connectivity index (χ3v) is 2.80. The molecule has 1 unspecified atom stereocenters. The highest BCUT2D eigenvalue weighted by Crippen LogP contribution is 2.12. The van der Waals surface area contributed by atoms with Crippen LogP contribution in [0, 0.1) is 11.6 Å². The largest absolute Gasteiger partial charge is 0.409 e. The topological polar surface area (TPSA) is 61.9 Å². The number of hydrogen-bond acceptors (Lipinski definition) is 3. The van der Waals surface area contributed by atoms with Gasteiger partial charge in [0.2, 0.25) is 0 Å². The maximum absolute atomic E-state index is 13.0. The quantitative estimate of drug-likeness (QED) is 0.366. The molecule has 4 nitrogen and oxygen atoms in total. The average molecular weight is 257 g/mol. The van der Waals surface area contributed by atoms with Crippen molar-refractivity contribution in [2.75, 3.05) is 7.05 Å². The first-order chi connectivity index (χ1) is 8.43. The maximum Gasteiger partial charge on any atom is 0.159 e. The molecule has 0 spiro atoms. The Kier molecular flexibility index (Phi) is 5.03. The fourth-order valence-electron chi connectivity index (χ4n) is 1.58. The molecule has 18 heavy (non-hydrogen) atoms. The van der Waals surface area contributed by atoms with Crippen molar-refractivity contribution in [3.05, 3.63) is 35.4 Å². The minimum Gasteiger partial charge on any atom is -0.409 e. The molecule has 1 atom stereocenters. The fourth-order valence-corrected chi connectivity index (χ4v) is 1.58. The van der Waals surface area contributed by atoms with Crippen molar-refractivity contribution in [3.63, 3.8) is 0 Å². The van der Waals surface area contributed by atoms with Crippen LogP contribution in [0.25, 0.3) is 0 Å². The van der Waals surface area contributed by atoms with E-state index in [1.807, 2.05) is 18.9 Å². The number of amidine groups is 1. The molecule has 0 aliphatic carbocycles. The standard InChI is InChI=1S/C12H17F2N3O/c1-8(5-12(15)16-18)17(2)7-9-3-4-10(13)11(14)6-9/h3-4,6,8,18H,5,7H2,1-2H3,(H2,15,16). The van der Waals surface area contributed by atoms with E-state index in [1.54, 1.807) is 0 Å². The molecule has 0 saturated carbocycles. The Labute approximate surface area is 105 Å². The number of benzene rings is 1. The van der Waals surface area contributed by atoms with Crippen LogP contribution in [0.15, 0.2) is 23.4 Å². The van der Waals surface area contributed by atoms with E-state index >= 15 is 0 Å². The van der Waals surface area contributed by atoms with Crippen LogP contribution >= 0.6 is 0 Å². The predicted molar refractivity (Wildman–Crippen MR) is 65.3 cm³/mol. The summed E-state index contributed by atoms with van der Waals surface area (Å²) in [7, 11) is 1.83. The van der Waals surface area contributed by atoms with Gasteiger partial charge >= 0.3 is 0 Å². The number of hydrogen-bond donors (Lipinski definition) is 2. The Bertz CT molecular complexity index is 437. The van der Waals surface area contributed by atoms with Crippen molar-refractivity contribution in [2.24, 2.45) is 10.9 Å². The third-order valence-electron chi connectivity index (χ3n) is 2.80. The summed E-state index contributed by atoms with van der Waals surface area (Å²) in [5.41, 5.74) is 6.08. The molecule has 0 heterocycles. The van der Waals surface area contributed by atoms with Crippen molar-refractivity contribution >= 4 is 5.84 Å². The monoisotopic (exact) mass is 257 g/mol. The fraction of sp³-hybridized carbons (Fsp3) is 0.417. The van der Waals surface area contributed by atoms with Crippen LogP contribution in [0.1, 0.15) is 18.9 Å². The van der Waals surface area contributed by atoms with Crippen molar-refractivity contribution in [3.8, 4) is 0 Å². The highest BCUT2D eigenvalue weighted by atomic mass is 19.2. The van der Waals surface area contributed by atoms with Crippen molar-refractivity contribution in [1.82, 2.24) is 4.90 Å². The number of nitrogens with zero attached hydrogens (tertiary/aromatic N) is 2. The first kappa shape index (κ1) is 14.4. The van der Waals surface area contributed by atoms with Gasteiger partial charge in [0.15, 0.2) is 11.6 Å². The molecule has 0 amide bonds. The summed E-state index contributed by atoms with van der Waals surface area (Å²) in [6.07, 6.45) is 0.399. The van der Waals surface area contributed by atoms with Gasteiger partial charge < -0.3 is 10.9 Å². The number of nitrogens with two attached hydrogens (primary N) is 1. The molecular weight excluding hydrogens is 240 g/mol. The van der Waals surface area contributed by atoms with Gasteiger partial charge in [-0.1, -0.05) is 11.2 Å². The zero-order valence-corrected chi connectivity index (χ0v) is 10.4. The molecular formula is C12H17F2N3O. The lowest BCUT2D eigenvalue weighted by atomic mass is 10.1. The molecule has 3 N–H and O–H groups in total. The van der Waals surface area contributed by atoms with Gasteiger partial charge in [0.05, 0.1) is 0 Å². The second-order valence-electron chi connectivity index (χ2n) is 4.31. The van der Waals surface area contributed by atoms with E-state index in [1.165, 1.54) is 12.1 Å². The van der Waals surface area contributed by atoms with Gasteiger partial charge in [0.1, 0.15) is 5.84 Å². The number of rotatable bonds is 5. The summed E-state index contributed by atoms with van der Waals surface area (Å²) in [6, 6.07) is 3.83. The summed E-state index contributed by atoms with van der Waals surface area (Å²) < 4.78 is 25.8. The van der Waals surface area contributed by atoms with Crippen LogP contribution in [-0.2, 0) is 6.54 Å². The lowest BCUT2D eigenvalue weighted by molar-refractivity contribution is 0.250. The maximum atomic E-state index is 13.0. The van der Waals surface area contributed by atoms with Gasteiger partial charge in [-0.05, 0) is 31.7 Å². The van der Waals surface area contributed by atoms with Gasteiger partial charge in [-0.2, -0.15) is 0 Å². The second kappa shape index (κ2) is 6.30. The molecule has 0 saturated heterocycles. The third kappa shape index (κ3) is 3.96. The summed E-state index contributed by atoms with van der Waals surface area (Å²) in [6.45, 7) is 2.36. The van der Waals surface area contributed by atoms with Crippen molar-refractivity contribution in [1.29, 1.82) is 0 Å². The van der Waals surface area contributed by atoms with E-state index in [2.05, 4.69) is 5.16 Å². The predicted octanol–water partition coefficient (Wildman–Crippen LogP) is 1.92. The summed E-state index contributed by atoms with van der Waals surface area (Å²) in [5, 5.41) is 11.4. The Morgan fingerprint density at radius 2 is 2.11 bits per heavy atom. The second-order valence-corrected chi connectivity index (χ2v) is 4.31. The number of oxime groups is 1. The summed E-state index contributed by atoms with van der Waals surface area (Å²) >= 11 is 0. The van der Waals surface area contributed by atoms with Crippen LogP contribution in [0.3, 0.4) is 0 Å². The Morgan fingerprint density at radius 3 is 2.67 bits per heavy atom. The van der Waals surface area contributed by atoms with Gasteiger partial charge in [-0.15, -0.1) is 0 Å². The first-order valence-corrected chi connectivity index (χ1v) is 5.54. The molecule has 0 aromatic heterocycles.